The lowest BCUT2D eigenvalue weighted by atomic mass is 10.7. The van der Waals surface area contributed by atoms with Gasteiger partial charge in [-0.3, -0.25) is 0 Å². The first-order valence-corrected chi connectivity index (χ1v) is 6.30. The molecule has 2 nitrogen and oxygen atoms in total. The molecule has 0 saturated carbocycles. The van der Waals surface area contributed by atoms with Crippen LogP contribution in [0.3, 0.4) is 0 Å². The summed E-state index contributed by atoms with van der Waals surface area (Å²) in [5.41, 5.74) is 0. The average Bonchev–Trinajstić information content (AvgIpc) is 2.75. The predicted molar refractivity (Wildman–Crippen MR) is 61.6 cm³/mol. The summed E-state index contributed by atoms with van der Waals surface area (Å²) in [5.74, 6) is 0. The van der Waals surface area contributed by atoms with Gasteiger partial charge in [0, 0.05) is 0 Å². The SMILES string of the molecule is C=C(C)[SiH](n1cccc1)n1cccc1. The third-order valence-corrected chi connectivity index (χ3v) is 4.96. The van der Waals surface area contributed by atoms with Crippen molar-refractivity contribution in [2.24, 2.45) is 0 Å². The third-order valence-electron chi connectivity index (χ3n) is 2.26. The van der Waals surface area contributed by atoms with E-state index in [2.05, 4.69) is 71.0 Å². The fourth-order valence-electron chi connectivity index (χ4n) is 1.68. The van der Waals surface area contributed by atoms with Crippen LogP contribution in [-0.2, 0) is 0 Å². The summed E-state index contributed by atoms with van der Waals surface area (Å²) < 4.78 is 4.56. The van der Waals surface area contributed by atoms with Crippen LogP contribution < -0.4 is 0 Å². The van der Waals surface area contributed by atoms with Crippen LogP contribution in [0, 0.1) is 0 Å². The number of hydrogen-bond donors (Lipinski definition) is 0. The van der Waals surface area contributed by atoms with Crippen LogP contribution in [-0.4, -0.2) is 17.6 Å². The molecule has 0 amide bonds. The Morgan fingerprint density at radius 3 is 1.57 bits per heavy atom. The second kappa shape index (κ2) is 3.72. The van der Waals surface area contributed by atoms with Crippen molar-refractivity contribution in [2.75, 3.05) is 0 Å². The van der Waals surface area contributed by atoms with Gasteiger partial charge in [-0.25, -0.2) is 0 Å². The molecule has 2 aromatic heterocycles. The number of aromatic nitrogens is 2. The molecule has 0 bridgehead atoms. The molecule has 0 N–H and O–H groups in total. The van der Waals surface area contributed by atoms with Gasteiger partial charge in [-0.15, -0.1) is 6.58 Å². The quantitative estimate of drug-likeness (QED) is 0.674. The summed E-state index contributed by atoms with van der Waals surface area (Å²) in [5, 5.41) is 1.26. The number of allylic oxidation sites excluding steroid dienone is 1. The van der Waals surface area contributed by atoms with E-state index in [4.69, 9.17) is 0 Å². The molecule has 0 unspecified atom stereocenters. The molecule has 2 heterocycles. The van der Waals surface area contributed by atoms with Crippen LogP contribution in [0.5, 0.6) is 0 Å². The van der Waals surface area contributed by atoms with Crippen LogP contribution in [0.1, 0.15) is 6.92 Å². The Morgan fingerprint density at radius 1 is 0.929 bits per heavy atom. The van der Waals surface area contributed by atoms with Crippen molar-refractivity contribution in [1.29, 1.82) is 0 Å². The maximum Gasteiger partial charge on any atom is 0.283 e. The first-order chi connectivity index (χ1) is 6.79. The van der Waals surface area contributed by atoms with Crippen LogP contribution >= 0.6 is 0 Å². The van der Waals surface area contributed by atoms with Gasteiger partial charge < -0.3 is 8.47 Å². The predicted octanol–water partition coefficient (Wildman–Crippen LogP) is 2.02. The second-order valence-corrected chi connectivity index (χ2v) is 6.41. The summed E-state index contributed by atoms with van der Waals surface area (Å²) in [6.07, 6.45) is 8.47. The fourth-order valence-corrected chi connectivity index (χ4v) is 4.06. The first-order valence-electron chi connectivity index (χ1n) is 4.69. The molecule has 0 atom stereocenters. The zero-order chi connectivity index (χ0) is 9.97. The molecule has 0 aliphatic heterocycles. The molecule has 14 heavy (non-hydrogen) atoms. The fraction of sp³-hybridized carbons (Fsp3) is 0.0909. The largest absolute Gasteiger partial charge is 0.362 e. The standard InChI is InChI=1S/C11H14N2Si/c1-11(2)14(12-7-3-4-8-12)13-9-5-6-10-13/h3-10,14H,1H2,2H3. The van der Waals surface area contributed by atoms with Gasteiger partial charge in [0.05, 0.1) is 0 Å². The Kier molecular flexibility index (Phi) is 2.41. The highest BCUT2D eigenvalue weighted by atomic mass is 28.3. The van der Waals surface area contributed by atoms with E-state index in [1.54, 1.807) is 0 Å². The summed E-state index contributed by atoms with van der Waals surface area (Å²) in [6.45, 7) is 6.20. The zero-order valence-electron chi connectivity index (χ0n) is 8.30. The Balaban J connectivity index is 2.40. The van der Waals surface area contributed by atoms with Gasteiger partial charge in [-0.1, -0.05) is 5.20 Å². The molecule has 3 heteroatoms. The van der Waals surface area contributed by atoms with Crippen molar-refractivity contribution in [3.63, 3.8) is 0 Å². The monoisotopic (exact) mass is 202 g/mol. The number of hydrogen-bond acceptors (Lipinski definition) is 0. The van der Waals surface area contributed by atoms with E-state index in [0.29, 0.717) is 0 Å². The Bertz CT molecular complexity index is 366. The lowest BCUT2D eigenvalue weighted by molar-refractivity contribution is 1.06. The molecule has 72 valence electrons. The molecule has 0 aliphatic carbocycles. The van der Waals surface area contributed by atoms with Crippen molar-refractivity contribution in [3.05, 3.63) is 60.8 Å². The highest BCUT2D eigenvalue weighted by molar-refractivity contribution is 6.63. The molecule has 2 aromatic rings. The van der Waals surface area contributed by atoms with Crippen molar-refractivity contribution in [3.8, 4) is 0 Å². The van der Waals surface area contributed by atoms with Crippen LogP contribution in [0.4, 0.5) is 0 Å². The van der Waals surface area contributed by atoms with Gasteiger partial charge in [0.15, 0.2) is 0 Å². The Morgan fingerprint density at radius 2 is 1.29 bits per heavy atom. The summed E-state index contributed by atoms with van der Waals surface area (Å²) in [4.78, 5) is 0. The van der Waals surface area contributed by atoms with Gasteiger partial charge >= 0.3 is 0 Å². The van der Waals surface area contributed by atoms with Gasteiger partial charge in [-0.2, -0.15) is 0 Å². The van der Waals surface area contributed by atoms with E-state index >= 15 is 0 Å². The molecule has 2 rings (SSSR count). The Labute approximate surface area is 85.9 Å². The highest BCUT2D eigenvalue weighted by Crippen LogP contribution is 2.06. The van der Waals surface area contributed by atoms with Gasteiger partial charge in [0.2, 0.25) is 0 Å². The summed E-state index contributed by atoms with van der Waals surface area (Å²) in [7, 11) is -1.29. The second-order valence-electron chi connectivity index (χ2n) is 3.48. The van der Waals surface area contributed by atoms with Crippen LogP contribution in [0.2, 0.25) is 0 Å². The molecular weight excluding hydrogens is 188 g/mol. The minimum atomic E-state index is -1.29. The van der Waals surface area contributed by atoms with Crippen molar-refractivity contribution < 1.29 is 0 Å². The third kappa shape index (κ3) is 1.58. The van der Waals surface area contributed by atoms with Gasteiger partial charge in [0.25, 0.3) is 9.12 Å². The van der Waals surface area contributed by atoms with Crippen molar-refractivity contribution in [2.45, 2.75) is 6.92 Å². The molecule has 0 radical (unpaired) electrons. The number of nitrogens with zero attached hydrogens (tertiary/aromatic N) is 2. The molecule has 0 aliphatic rings. The Hall–Kier alpha value is -1.48. The average molecular weight is 202 g/mol. The van der Waals surface area contributed by atoms with Crippen molar-refractivity contribution in [1.82, 2.24) is 8.47 Å². The van der Waals surface area contributed by atoms with E-state index < -0.39 is 9.12 Å². The molecular formula is C11H14N2Si. The first kappa shape index (κ1) is 9.09. The van der Waals surface area contributed by atoms with Crippen LogP contribution in [0.25, 0.3) is 0 Å². The molecule has 0 saturated heterocycles. The molecule has 0 spiro atoms. The maximum absolute atomic E-state index is 4.09. The minimum Gasteiger partial charge on any atom is -0.362 e. The van der Waals surface area contributed by atoms with E-state index in [9.17, 15) is 0 Å². The maximum atomic E-state index is 4.09. The summed E-state index contributed by atoms with van der Waals surface area (Å²) in [6, 6.07) is 8.25. The van der Waals surface area contributed by atoms with E-state index in [-0.39, 0.29) is 0 Å². The van der Waals surface area contributed by atoms with E-state index in [1.807, 2.05) is 0 Å². The summed E-state index contributed by atoms with van der Waals surface area (Å²) >= 11 is 0. The molecule has 0 fully saturated rings. The zero-order valence-corrected chi connectivity index (χ0v) is 9.45. The molecule has 0 aromatic carbocycles. The number of rotatable bonds is 3. The van der Waals surface area contributed by atoms with E-state index in [1.165, 1.54) is 5.20 Å². The normalized spacial score (nSPS) is 10.7. The highest BCUT2D eigenvalue weighted by Gasteiger charge is 2.14. The van der Waals surface area contributed by atoms with Crippen molar-refractivity contribution >= 4 is 9.12 Å². The smallest absolute Gasteiger partial charge is 0.283 e. The topological polar surface area (TPSA) is 9.86 Å². The van der Waals surface area contributed by atoms with E-state index in [0.717, 1.165) is 0 Å². The van der Waals surface area contributed by atoms with Gasteiger partial charge in [-0.05, 0) is 56.0 Å². The lowest BCUT2D eigenvalue weighted by Crippen LogP contribution is -2.32. The van der Waals surface area contributed by atoms with Gasteiger partial charge in [0.1, 0.15) is 0 Å². The lowest BCUT2D eigenvalue weighted by Gasteiger charge is -2.18. The minimum absolute atomic E-state index is 1.26. The van der Waals surface area contributed by atoms with Crippen LogP contribution in [0.15, 0.2) is 60.8 Å².